The molecule has 0 saturated carbocycles. The van der Waals surface area contributed by atoms with E-state index in [0.717, 1.165) is 17.1 Å². The van der Waals surface area contributed by atoms with E-state index in [9.17, 15) is 0 Å². The van der Waals surface area contributed by atoms with Crippen LogP contribution in [0, 0.1) is 0 Å². The van der Waals surface area contributed by atoms with E-state index in [-0.39, 0.29) is 0 Å². The smallest absolute Gasteiger partial charge is 0.0473 e. The van der Waals surface area contributed by atoms with Gasteiger partial charge in [0.2, 0.25) is 0 Å². The molecule has 0 saturated heterocycles. The molecule has 1 nitrogen and oxygen atoms in total. The van der Waals surface area contributed by atoms with Crippen LogP contribution < -0.4 is 4.90 Å². The Morgan fingerprint density at radius 3 is 1.45 bits per heavy atom. The molecule has 11 rings (SSSR count). The third kappa shape index (κ3) is 6.73. The fourth-order valence-corrected chi connectivity index (χ4v) is 9.77. The van der Waals surface area contributed by atoms with Gasteiger partial charge in [0.05, 0.1) is 0 Å². The highest BCUT2D eigenvalue weighted by molar-refractivity contribution is 7.25. The van der Waals surface area contributed by atoms with E-state index < -0.39 is 0 Å². The lowest BCUT2D eigenvalue weighted by atomic mass is 9.96. The summed E-state index contributed by atoms with van der Waals surface area (Å²) in [6.45, 7) is 0. The molecule has 0 aliphatic rings. The zero-order valence-electron chi connectivity index (χ0n) is 32.9. The van der Waals surface area contributed by atoms with E-state index in [2.05, 4.69) is 241 Å². The Morgan fingerprint density at radius 2 is 0.750 bits per heavy atom. The molecule has 0 aliphatic carbocycles. The summed E-state index contributed by atoms with van der Waals surface area (Å²) in [5.41, 5.74) is 15.3. The molecule has 0 bridgehead atoms. The second-order valence-electron chi connectivity index (χ2n) is 15.3. The van der Waals surface area contributed by atoms with E-state index in [1.165, 1.54) is 86.6 Å². The number of thiophene rings is 1. The van der Waals surface area contributed by atoms with Crippen molar-refractivity contribution in [2.45, 2.75) is 0 Å². The van der Waals surface area contributed by atoms with Crippen LogP contribution in [0.25, 0.3) is 86.6 Å². The highest BCUT2D eigenvalue weighted by Crippen LogP contribution is 2.43. The van der Waals surface area contributed by atoms with Crippen molar-refractivity contribution in [1.29, 1.82) is 0 Å². The van der Waals surface area contributed by atoms with Gasteiger partial charge in [-0.05, 0) is 133 Å². The predicted molar refractivity (Wildman–Crippen MR) is 259 cm³/mol. The first-order chi connectivity index (χ1) is 29.7. The standard InChI is InChI=1S/C58H39NS/c1-3-13-40(14-4-1)49-37-50(41-15-5-2-6-16-41)39-53(38-49)59(52-33-29-44(30-34-52)54-22-12-24-57-58(54)55-21-9-10-23-56(55)60-57)51-31-27-43(28-32-51)46-19-11-20-47(35-46)48-26-25-42-17-7-8-18-45(42)36-48/h1-39H. The van der Waals surface area contributed by atoms with Crippen molar-refractivity contribution in [2.75, 3.05) is 4.90 Å². The van der Waals surface area contributed by atoms with E-state index in [4.69, 9.17) is 0 Å². The van der Waals surface area contributed by atoms with Crippen LogP contribution in [-0.2, 0) is 0 Å². The molecule has 10 aromatic carbocycles. The summed E-state index contributed by atoms with van der Waals surface area (Å²) < 4.78 is 2.63. The van der Waals surface area contributed by atoms with Crippen molar-refractivity contribution >= 4 is 59.3 Å². The second-order valence-corrected chi connectivity index (χ2v) is 16.4. The molecule has 0 spiro atoms. The quantitative estimate of drug-likeness (QED) is 0.148. The van der Waals surface area contributed by atoms with E-state index in [1.807, 2.05) is 11.3 Å². The fourth-order valence-electron chi connectivity index (χ4n) is 8.64. The van der Waals surface area contributed by atoms with Gasteiger partial charge in [0.25, 0.3) is 0 Å². The van der Waals surface area contributed by atoms with Crippen molar-refractivity contribution in [3.8, 4) is 55.6 Å². The molecule has 1 heterocycles. The van der Waals surface area contributed by atoms with E-state index >= 15 is 0 Å². The van der Waals surface area contributed by atoms with Crippen molar-refractivity contribution < 1.29 is 0 Å². The molecule has 0 aliphatic heterocycles. The number of benzene rings is 10. The molecule has 0 fully saturated rings. The third-order valence-corrected chi connectivity index (χ3v) is 12.8. The van der Waals surface area contributed by atoms with Gasteiger partial charge in [-0.25, -0.2) is 0 Å². The molecule has 0 amide bonds. The first-order valence-corrected chi connectivity index (χ1v) is 21.3. The van der Waals surface area contributed by atoms with Gasteiger partial charge in [-0.3, -0.25) is 0 Å². The summed E-state index contributed by atoms with van der Waals surface area (Å²) in [6.07, 6.45) is 0. The van der Waals surface area contributed by atoms with Crippen LogP contribution in [0.15, 0.2) is 237 Å². The monoisotopic (exact) mass is 781 g/mol. The van der Waals surface area contributed by atoms with Gasteiger partial charge >= 0.3 is 0 Å². The van der Waals surface area contributed by atoms with Crippen molar-refractivity contribution in [3.05, 3.63) is 237 Å². The normalized spacial score (nSPS) is 11.3. The van der Waals surface area contributed by atoms with Crippen molar-refractivity contribution in [3.63, 3.8) is 0 Å². The minimum atomic E-state index is 1.09. The van der Waals surface area contributed by atoms with E-state index in [1.54, 1.807) is 0 Å². The highest BCUT2D eigenvalue weighted by atomic mass is 32.1. The van der Waals surface area contributed by atoms with Gasteiger partial charge in [0.15, 0.2) is 0 Å². The maximum Gasteiger partial charge on any atom is 0.0473 e. The van der Waals surface area contributed by atoms with Crippen LogP contribution in [0.3, 0.4) is 0 Å². The Morgan fingerprint density at radius 1 is 0.267 bits per heavy atom. The number of hydrogen-bond acceptors (Lipinski definition) is 2. The summed E-state index contributed by atoms with van der Waals surface area (Å²) in [5, 5.41) is 5.14. The number of hydrogen-bond donors (Lipinski definition) is 0. The Kier molecular flexibility index (Phi) is 9.11. The van der Waals surface area contributed by atoms with E-state index in [0.29, 0.717) is 0 Å². The summed E-state index contributed by atoms with van der Waals surface area (Å²) in [7, 11) is 0. The van der Waals surface area contributed by atoms with Crippen LogP contribution in [-0.4, -0.2) is 0 Å². The molecule has 282 valence electrons. The molecular weight excluding hydrogens is 743 g/mol. The first-order valence-electron chi connectivity index (χ1n) is 20.5. The number of fused-ring (bicyclic) bond motifs is 4. The van der Waals surface area contributed by atoms with Crippen molar-refractivity contribution in [2.24, 2.45) is 0 Å². The number of rotatable bonds is 8. The van der Waals surface area contributed by atoms with Gasteiger partial charge in [-0.2, -0.15) is 0 Å². The van der Waals surface area contributed by atoms with Gasteiger partial charge in [-0.1, -0.05) is 170 Å². The topological polar surface area (TPSA) is 3.24 Å². The predicted octanol–water partition coefficient (Wildman–Crippen LogP) is 17.0. The van der Waals surface area contributed by atoms with Gasteiger partial charge in [0.1, 0.15) is 0 Å². The molecule has 0 N–H and O–H groups in total. The van der Waals surface area contributed by atoms with Crippen LogP contribution in [0.5, 0.6) is 0 Å². The lowest BCUT2D eigenvalue weighted by molar-refractivity contribution is 1.28. The summed E-state index contributed by atoms with van der Waals surface area (Å²) in [6, 6.07) is 86.2. The number of nitrogens with zero attached hydrogens (tertiary/aromatic N) is 1. The van der Waals surface area contributed by atoms with Crippen LogP contribution in [0.2, 0.25) is 0 Å². The zero-order valence-corrected chi connectivity index (χ0v) is 33.7. The zero-order chi connectivity index (χ0) is 39.8. The molecule has 2 heteroatoms. The summed E-state index contributed by atoms with van der Waals surface area (Å²) in [5.74, 6) is 0. The average Bonchev–Trinajstić information content (AvgIpc) is 3.72. The maximum atomic E-state index is 2.40. The van der Waals surface area contributed by atoms with Gasteiger partial charge in [-0.15, -0.1) is 11.3 Å². The molecule has 11 aromatic rings. The average molecular weight is 782 g/mol. The maximum absolute atomic E-state index is 2.40. The Hall–Kier alpha value is -7.52. The summed E-state index contributed by atoms with van der Waals surface area (Å²) >= 11 is 1.86. The second kappa shape index (κ2) is 15.3. The minimum absolute atomic E-state index is 1.09. The third-order valence-electron chi connectivity index (χ3n) is 11.6. The molecule has 0 atom stereocenters. The fraction of sp³-hybridized carbons (Fsp3) is 0. The lowest BCUT2D eigenvalue weighted by Gasteiger charge is -2.27. The lowest BCUT2D eigenvalue weighted by Crippen LogP contribution is -2.10. The first kappa shape index (κ1) is 35.6. The van der Waals surface area contributed by atoms with Crippen molar-refractivity contribution in [1.82, 2.24) is 0 Å². The molecular formula is C58H39NS. The molecule has 0 radical (unpaired) electrons. The van der Waals surface area contributed by atoms with Gasteiger partial charge in [0, 0.05) is 37.2 Å². The number of anilines is 3. The molecule has 60 heavy (non-hydrogen) atoms. The Labute approximate surface area is 354 Å². The largest absolute Gasteiger partial charge is 0.310 e. The Balaban J connectivity index is 1.03. The highest BCUT2D eigenvalue weighted by Gasteiger charge is 2.18. The molecule has 1 aromatic heterocycles. The summed E-state index contributed by atoms with van der Waals surface area (Å²) in [4.78, 5) is 2.40. The van der Waals surface area contributed by atoms with Crippen LogP contribution in [0.4, 0.5) is 17.1 Å². The van der Waals surface area contributed by atoms with Crippen LogP contribution >= 0.6 is 11.3 Å². The Bertz CT molecular complexity index is 3230. The minimum Gasteiger partial charge on any atom is -0.310 e. The SMILES string of the molecule is c1ccc(-c2cc(-c3ccccc3)cc(N(c3ccc(-c4cccc(-c5ccc6ccccc6c5)c4)cc3)c3ccc(-c4cccc5sc6ccccc6c45)cc3)c2)cc1. The van der Waals surface area contributed by atoms with Crippen LogP contribution in [0.1, 0.15) is 0 Å². The molecule has 0 unspecified atom stereocenters. The van der Waals surface area contributed by atoms with Gasteiger partial charge < -0.3 is 4.90 Å².